The van der Waals surface area contributed by atoms with E-state index in [1.54, 1.807) is 29.8 Å². The maximum absolute atomic E-state index is 9.71. The summed E-state index contributed by atoms with van der Waals surface area (Å²) in [6.45, 7) is 0. The highest BCUT2D eigenvalue weighted by molar-refractivity contribution is 7.19. The second-order valence-electron chi connectivity index (χ2n) is 6.07. The molecule has 0 atom stereocenters. The Balaban J connectivity index is 1.51. The number of ether oxygens (including phenoxy) is 1. The van der Waals surface area contributed by atoms with Gasteiger partial charge in [-0.1, -0.05) is 23.5 Å². The Morgan fingerprint density at radius 1 is 1.04 bits per heavy atom. The number of methoxy groups -OCH3 is 1. The Morgan fingerprint density at radius 3 is 2.68 bits per heavy atom. The molecule has 3 heterocycles. The number of aromatic amines is 1. The summed E-state index contributed by atoms with van der Waals surface area (Å²) in [6, 6.07) is 16.5. The quantitative estimate of drug-likeness (QED) is 0.486. The van der Waals surface area contributed by atoms with E-state index >= 15 is 0 Å². The van der Waals surface area contributed by atoms with Crippen molar-refractivity contribution in [3.63, 3.8) is 0 Å². The standard InChI is InChI=1S/C19H14N6O2S/c1-27-14-7-5-11(6-8-14)15-10-16(21-20-15)18-24-25-17(22-23-19(25)28-18)12-3-2-4-13(26)9-12/h2-10,26H,1H3,(H,20,21). The first-order valence-electron chi connectivity index (χ1n) is 8.43. The van der Waals surface area contributed by atoms with Crippen molar-refractivity contribution >= 4 is 16.3 Å². The van der Waals surface area contributed by atoms with Gasteiger partial charge >= 0.3 is 0 Å². The average molecular weight is 390 g/mol. The zero-order chi connectivity index (χ0) is 19.1. The lowest BCUT2D eigenvalue weighted by Crippen LogP contribution is -1.90. The molecule has 5 rings (SSSR count). The summed E-state index contributed by atoms with van der Waals surface area (Å²) in [5.41, 5.74) is 3.33. The van der Waals surface area contributed by atoms with Crippen molar-refractivity contribution in [3.05, 3.63) is 54.6 Å². The van der Waals surface area contributed by atoms with Gasteiger partial charge in [-0.15, -0.1) is 10.2 Å². The highest BCUT2D eigenvalue weighted by Crippen LogP contribution is 2.30. The van der Waals surface area contributed by atoms with Crippen LogP contribution in [0.2, 0.25) is 0 Å². The number of phenols is 1. The fraction of sp³-hybridized carbons (Fsp3) is 0.0526. The summed E-state index contributed by atoms with van der Waals surface area (Å²) in [5, 5.41) is 30.9. The highest BCUT2D eigenvalue weighted by Gasteiger charge is 2.16. The Labute approximate surface area is 163 Å². The maximum atomic E-state index is 9.71. The van der Waals surface area contributed by atoms with Gasteiger partial charge < -0.3 is 9.84 Å². The van der Waals surface area contributed by atoms with E-state index in [1.807, 2.05) is 36.4 Å². The highest BCUT2D eigenvalue weighted by atomic mass is 32.1. The van der Waals surface area contributed by atoms with Crippen molar-refractivity contribution in [3.8, 4) is 44.8 Å². The number of fused-ring (bicyclic) bond motifs is 1. The molecular formula is C19H14N6O2S. The van der Waals surface area contributed by atoms with Crippen molar-refractivity contribution < 1.29 is 9.84 Å². The van der Waals surface area contributed by atoms with Crippen LogP contribution in [0.25, 0.3) is 38.3 Å². The van der Waals surface area contributed by atoms with Gasteiger partial charge in [-0.2, -0.15) is 14.7 Å². The number of aromatic hydroxyl groups is 1. The van der Waals surface area contributed by atoms with Crippen LogP contribution < -0.4 is 4.74 Å². The van der Waals surface area contributed by atoms with E-state index in [9.17, 15) is 5.11 Å². The molecule has 0 spiro atoms. The van der Waals surface area contributed by atoms with Gasteiger partial charge in [-0.25, -0.2) is 0 Å². The zero-order valence-corrected chi connectivity index (χ0v) is 15.5. The van der Waals surface area contributed by atoms with Gasteiger partial charge in [0, 0.05) is 11.1 Å². The van der Waals surface area contributed by atoms with Crippen LogP contribution in [0.4, 0.5) is 0 Å². The predicted molar refractivity (Wildman–Crippen MR) is 105 cm³/mol. The lowest BCUT2D eigenvalue weighted by atomic mass is 10.1. The summed E-state index contributed by atoms with van der Waals surface area (Å²) < 4.78 is 6.86. The Kier molecular flexibility index (Phi) is 3.80. The SMILES string of the molecule is COc1ccc(-c2cc(-c3nn4c(-c5cccc(O)c5)nnc4s3)[nH]n2)cc1. The Bertz CT molecular complexity index is 1270. The van der Waals surface area contributed by atoms with Gasteiger partial charge in [-0.3, -0.25) is 5.10 Å². The van der Waals surface area contributed by atoms with Crippen LogP contribution >= 0.6 is 11.3 Å². The molecule has 5 aromatic rings. The number of benzene rings is 2. The summed E-state index contributed by atoms with van der Waals surface area (Å²) in [6.07, 6.45) is 0. The summed E-state index contributed by atoms with van der Waals surface area (Å²) in [4.78, 5) is 0.661. The van der Waals surface area contributed by atoms with Gasteiger partial charge in [0.2, 0.25) is 4.96 Å². The molecule has 2 aromatic carbocycles. The molecule has 0 radical (unpaired) electrons. The van der Waals surface area contributed by atoms with Crippen LogP contribution in [0.15, 0.2) is 54.6 Å². The van der Waals surface area contributed by atoms with Gasteiger partial charge in [0.25, 0.3) is 0 Å². The first-order valence-corrected chi connectivity index (χ1v) is 9.25. The molecule has 0 fully saturated rings. The molecular weight excluding hydrogens is 376 g/mol. The minimum Gasteiger partial charge on any atom is -0.508 e. The molecule has 2 N–H and O–H groups in total. The number of hydrogen-bond donors (Lipinski definition) is 2. The van der Waals surface area contributed by atoms with Gasteiger partial charge in [-0.05, 0) is 42.5 Å². The van der Waals surface area contributed by atoms with Crippen molar-refractivity contribution in [2.75, 3.05) is 7.11 Å². The van der Waals surface area contributed by atoms with Gasteiger partial charge in [0.15, 0.2) is 10.8 Å². The second kappa shape index (κ2) is 6.46. The van der Waals surface area contributed by atoms with Crippen molar-refractivity contribution in [1.29, 1.82) is 0 Å². The largest absolute Gasteiger partial charge is 0.508 e. The number of nitrogens with zero attached hydrogens (tertiary/aromatic N) is 5. The molecule has 0 bridgehead atoms. The molecule has 0 unspecified atom stereocenters. The Morgan fingerprint density at radius 2 is 1.89 bits per heavy atom. The monoisotopic (exact) mass is 390 g/mol. The molecule has 138 valence electrons. The minimum atomic E-state index is 0.169. The van der Waals surface area contributed by atoms with Crippen LogP contribution in [0.1, 0.15) is 0 Å². The molecule has 0 saturated carbocycles. The van der Waals surface area contributed by atoms with Crippen molar-refractivity contribution in [2.45, 2.75) is 0 Å². The normalized spacial score (nSPS) is 11.2. The third-order valence-electron chi connectivity index (χ3n) is 4.29. The second-order valence-corrected chi connectivity index (χ2v) is 7.03. The molecule has 9 heteroatoms. The van der Waals surface area contributed by atoms with Crippen LogP contribution in [0.3, 0.4) is 0 Å². The first-order chi connectivity index (χ1) is 13.7. The number of rotatable bonds is 4. The topological polar surface area (TPSA) is 101 Å². The van der Waals surface area contributed by atoms with E-state index in [0.29, 0.717) is 10.8 Å². The zero-order valence-electron chi connectivity index (χ0n) is 14.7. The van der Waals surface area contributed by atoms with Crippen LogP contribution in [-0.2, 0) is 0 Å². The lowest BCUT2D eigenvalue weighted by Gasteiger charge is -1.99. The lowest BCUT2D eigenvalue weighted by molar-refractivity contribution is 0.415. The average Bonchev–Trinajstić information content (AvgIpc) is 3.43. The predicted octanol–water partition coefficient (Wildman–Crippen LogP) is 3.62. The molecule has 3 aromatic heterocycles. The van der Waals surface area contributed by atoms with E-state index in [0.717, 1.165) is 33.3 Å². The molecule has 28 heavy (non-hydrogen) atoms. The van der Waals surface area contributed by atoms with Crippen LogP contribution in [0, 0.1) is 0 Å². The Hall–Kier alpha value is -3.72. The molecule has 0 saturated heterocycles. The van der Waals surface area contributed by atoms with E-state index < -0.39 is 0 Å². The molecule has 0 aliphatic heterocycles. The van der Waals surface area contributed by atoms with E-state index in [-0.39, 0.29) is 5.75 Å². The minimum absolute atomic E-state index is 0.169. The van der Waals surface area contributed by atoms with Gasteiger partial charge in [0.05, 0.1) is 18.5 Å². The molecule has 0 amide bonds. The smallest absolute Gasteiger partial charge is 0.235 e. The number of phenolic OH excluding ortho intramolecular Hbond substituents is 1. The fourth-order valence-corrected chi connectivity index (χ4v) is 3.70. The first kappa shape index (κ1) is 16.5. The number of nitrogens with one attached hydrogen (secondary N) is 1. The summed E-state index contributed by atoms with van der Waals surface area (Å²) >= 11 is 1.41. The third kappa shape index (κ3) is 2.78. The van der Waals surface area contributed by atoms with E-state index in [4.69, 9.17) is 4.74 Å². The summed E-state index contributed by atoms with van der Waals surface area (Å²) in [7, 11) is 1.64. The molecule has 0 aliphatic rings. The fourth-order valence-electron chi connectivity index (χ4n) is 2.89. The molecule has 8 nitrogen and oxygen atoms in total. The van der Waals surface area contributed by atoms with E-state index in [1.165, 1.54) is 11.3 Å². The molecule has 0 aliphatic carbocycles. The number of hydrogen-bond acceptors (Lipinski definition) is 7. The summed E-state index contributed by atoms with van der Waals surface area (Å²) in [5.74, 6) is 1.54. The van der Waals surface area contributed by atoms with E-state index in [2.05, 4.69) is 25.5 Å². The van der Waals surface area contributed by atoms with Crippen LogP contribution in [0.5, 0.6) is 11.5 Å². The third-order valence-corrected chi connectivity index (χ3v) is 5.22. The van der Waals surface area contributed by atoms with Crippen LogP contribution in [-0.4, -0.2) is 42.2 Å². The number of H-pyrrole nitrogens is 1. The van der Waals surface area contributed by atoms with Crippen molar-refractivity contribution in [1.82, 2.24) is 30.0 Å². The van der Waals surface area contributed by atoms with Gasteiger partial charge in [0.1, 0.15) is 11.5 Å². The number of aromatic nitrogens is 6. The van der Waals surface area contributed by atoms with Crippen molar-refractivity contribution in [2.24, 2.45) is 0 Å². The maximum Gasteiger partial charge on any atom is 0.235 e.